The summed E-state index contributed by atoms with van der Waals surface area (Å²) >= 11 is 0. The molecule has 2 heterocycles. The molecule has 0 spiro atoms. The first-order chi connectivity index (χ1) is 8.29. The maximum atomic E-state index is 11.4. The molecule has 0 radical (unpaired) electrons. The van der Waals surface area contributed by atoms with Gasteiger partial charge in [0, 0.05) is 12.7 Å². The fourth-order valence-corrected chi connectivity index (χ4v) is 2.16. The number of piperidine rings is 1. The number of hydrogen-bond acceptors (Lipinski definition) is 4. The van der Waals surface area contributed by atoms with E-state index in [9.17, 15) is 4.79 Å². The molecule has 1 amide bonds. The standard InChI is InChI=1S/C12H18N4O/c1-13-12(17)11-6-10(15-8-16-11)5-9-3-2-4-14-7-9/h6,8-9,14H,2-5,7H2,1H3,(H,13,17)/t9-/m1/s1. The summed E-state index contributed by atoms with van der Waals surface area (Å²) in [6.45, 7) is 2.16. The van der Waals surface area contributed by atoms with Gasteiger partial charge in [-0.1, -0.05) is 0 Å². The highest BCUT2D eigenvalue weighted by Crippen LogP contribution is 2.15. The highest BCUT2D eigenvalue weighted by molar-refractivity contribution is 5.91. The van der Waals surface area contributed by atoms with Crippen LogP contribution in [0.15, 0.2) is 12.4 Å². The quantitative estimate of drug-likeness (QED) is 0.793. The first kappa shape index (κ1) is 12.0. The van der Waals surface area contributed by atoms with Crippen LogP contribution in [0.4, 0.5) is 0 Å². The van der Waals surface area contributed by atoms with Gasteiger partial charge in [0.25, 0.3) is 5.91 Å². The van der Waals surface area contributed by atoms with Gasteiger partial charge in [0.2, 0.25) is 0 Å². The first-order valence-corrected chi connectivity index (χ1v) is 6.03. The number of nitrogens with one attached hydrogen (secondary N) is 2. The lowest BCUT2D eigenvalue weighted by Crippen LogP contribution is -2.31. The summed E-state index contributed by atoms with van der Waals surface area (Å²) in [6.07, 6.45) is 4.83. The van der Waals surface area contributed by atoms with E-state index in [0.717, 1.165) is 25.2 Å². The highest BCUT2D eigenvalue weighted by Gasteiger charge is 2.15. The molecule has 1 aliphatic heterocycles. The molecule has 1 aromatic heterocycles. The fraction of sp³-hybridized carbons (Fsp3) is 0.583. The highest BCUT2D eigenvalue weighted by atomic mass is 16.1. The molecule has 5 heteroatoms. The normalized spacial score (nSPS) is 19.9. The van der Waals surface area contributed by atoms with Gasteiger partial charge < -0.3 is 10.6 Å². The van der Waals surface area contributed by atoms with E-state index in [2.05, 4.69) is 20.6 Å². The minimum atomic E-state index is -0.157. The molecule has 0 aliphatic carbocycles. The molecule has 1 atom stereocenters. The average molecular weight is 234 g/mol. The molecule has 0 unspecified atom stereocenters. The van der Waals surface area contributed by atoms with Crippen molar-refractivity contribution in [3.63, 3.8) is 0 Å². The van der Waals surface area contributed by atoms with Crippen LogP contribution < -0.4 is 10.6 Å². The topological polar surface area (TPSA) is 66.9 Å². The van der Waals surface area contributed by atoms with Gasteiger partial charge in [-0.05, 0) is 44.3 Å². The number of carbonyl (C=O) groups is 1. The molecule has 0 bridgehead atoms. The molecule has 17 heavy (non-hydrogen) atoms. The van der Waals surface area contributed by atoms with Gasteiger partial charge in [0.1, 0.15) is 12.0 Å². The number of amides is 1. The second-order valence-electron chi connectivity index (χ2n) is 4.39. The zero-order chi connectivity index (χ0) is 12.1. The van der Waals surface area contributed by atoms with Gasteiger partial charge in [-0.15, -0.1) is 0 Å². The Morgan fingerprint density at radius 3 is 3.18 bits per heavy atom. The number of nitrogens with zero attached hydrogens (tertiary/aromatic N) is 2. The zero-order valence-corrected chi connectivity index (χ0v) is 10.1. The third-order valence-electron chi connectivity index (χ3n) is 3.08. The molecule has 1 saturated heterocycles. The predicted molar refractivity (Wildman–Crippen MR) is 64.7 cm³/mol. The SMILES string of the molecule is CNC(=O)c1cc(C[C@H]2CCCNC2)ncn1. The number of hydrogen-bond donors (Lipinski definition) is 2. The minimum Gasteiger partial charge on any atom is -0.354 e. The van der Waals surface area contributed by atoms with E-state index in [0.29, 0.717) is 11.6 Å². The molecule has 92 valence electrons. The third-order valence-corrected chi connectivity index (χ3v) is 3.08. The van der Waals surface area contributed by atoms with Gasteiger partial charge in [0.15, 0.2) is 0 Å². The second kappa shape index (κ2) is 5.72. The first-order valence-electron chi connectivity index (χ1n) is 6.03. The molecular formula is C12H18N4O. The van der Waals surface area contributed by atoms with Gasteiger partial charge in [0.05, 0.1) is 0 Å². The van der Waals surface area contributed by atoms with E-state index in [1.807, 2.05) is 0 Å². The summed E-state index contributed by atoms with van der Waals surface area (Å²) in [4.78, 5) is 19.6. The van der Waals surface area contributed by atoms with Gasteiger partial charge in [-0.3, -0.25) is 4.79 Å². The van der Waals surface area contributed by atoms with Crippen LogP contribution in [0, 0.1) is 5.92 Å². The van der Waals surface area contributed by atoms with Crippen molar-refractivity contribution < 1.29 is 4.79 Å². The van der Waals surface area contributed by atoms with Crippen LogP contribution >= 0.6 is 0 Å². The average Bonchev–Trinajstić information content (AvgIpc) is 2.39. The number of aromatic nitrogens is 2. The monoisotopic (exact) mass is 234 g/mol. The molecule has 2 rings (SSSR count). The predicted octanol–water partition coefficient (Wildman–Crippen LogP) is 0.378. The van der Waals surface area contributed by atoms with Crippen molar-refractivity contribution in [2.75, 3.05) is 20.1 Å². The smallest absolute Gasteiger partial charge is 0.269 e. The van der Waals surface area contributed by atoms with E-state index in [-0.39, 0.29) is 5.91 Å². The van der Waals surface area contributed by atoms with Crippen LogP contribution in [0.5, 0.6) is 0 Å². The van der Waals surface area contributed by atoms with Gasteiger partial charge in [-0.25, -0.2) is 9.97 Å². The Balaban J connectivity index is 2.02. The molecule has 1 aromatic rings. The molecule has 5 nitrogen and oxygen atoms in total. The van der Waals surface area contributed by atoms with Crippen molar-refractivity contribution in [2.45, 2.75) is 19.3 Å². The lowest BCUT2D eigenvalue weighted by molar-refractivity contribution is 0.0958. The maximum absolute atomic E-state index is 11.4. The second-order valence-corrected chi connectivity index (χ2v) is 4.39. The van der Waals surface area contributed by atoms with Crippen LogP contribution in [0.3, 0.4) is 0 Å². The minimum absolute atomic E-state index is 0.157. The van der Waals surface area contributed by atoms with E-state index < -0.39 is 0 Å². The van der Waals surface area contributed by atoms with Crippen LogP contribution in [0.2, 0.25) is 0 Å². The summed E-state index contributed by atoms with van der Waals surface area (Å²) in [6, 6.07) is 1.79. The molecule has 1 aliphatic rings. The third kappa shape index (κ3) is 3.23. The zero-order valence-electron chi connectivity index (χ0n) is 10.1. The van der Waals surface area contributed by atoms with Crippen molar-refractivity contribution in [3.05, 3.63) is 23.8 Å². The van der Waals surface area contributed by atoms with Gasteiger partial charge in [-0.2, -0.15) is 0 Å². The molecule has 2 N–H and O–H groups in total. The van der Waals surface area contributed by atoms with Crippen molar-refractivity contribution in [3.8, 4) is 0 Å². The Kier molecular flexibility index (Phi) is 4.03. The number of carbonyl (C=O) groups excluding carboxylic acids is 1. The van der Waals surface area contributed by atoms with E-state index in [1.165, 1.54) is 19.2 Å². The van der Waals surface area contributed by atoms with Crippen LogP contribution in [-0.2, 0) is 6.42 Å². The van der Waals surface area contributed by atoms with Crippen molar-refractivity contribution >= 4 is 5.91 Å². The summed E-state index contributed by atoms with van der Waals surface area (Å²) in [5, 5.41) is 5.95. The molecule has 1 fully saturated rings. The van der Waals surface area contributed by atoms with Gasteiger partial charge >= 0.3 is 0 Å². The largest absolute Gasteiger partial charge is 0.354 e. The van der Waals surface area contributed by atoms with Crippen molar-refractivity contribution in [2.24, 2.45) is 5.92 Å². The van der Waals surface area contributed by atoms with E-state index >= 15 is 0 Å². The Labute approximate surface area is 101 Å². The van der Waals surface area contributed by atoms with Crippen molar-refractivity contribution in [1.82, 2.24) is 20.6 Å². The summed E-state index contributed by atoms with van der Waals surface area (Å²) in [5.74, 6) is 0.464. The lowest BCUT2D eigenvalue weighted by atomic mass is 9.94. The fourth-order valence-electron chi connectivity index (χ4n) is 2.16. The molecular weight excluding hydrogens is 216 g/mol. The Hall–Kier alpha value is -1.49. The molecule has 0 saturated carbocycles. The maximum Gasteiger partial charge on any atom is 0.269 e. The van der Waals surface area contributed by atoms with E-state index in [4.69, 9.17) is 0 Å². The Morgan fingerprint density at radius 1 is 1.59 bits per heavy atom. The Morgan fingerprint density at radius 2 is 2.47 bits per heavy atom. The summed E-state index contributed by atoms with van der Waals surface area (Å²) < 4.78 is 0. The van der Waals surface area contributed by atoms with Crippen molar-refractivity contribution in [1.29, 1.82) is 0 Å². The number of rotatable bonds is 3. The Bertz CT molecular complexity index is 388. The van der Waals surface area contributed by atoms with Crippen LogP contribution in [-0.4, -0.2) is 36.0 Å². The van der Waals surface area contributed by atoms with E-state index in [1.54, 1.807) is 13.1 Å². The van der Waals surface area contributed by atoms with Crippen LogP contribution in [0.1, 0.15) is 29.0 Å². The summed E-state index contributed by atoms with van der Waals surface area (Å²) in [7, 11) is 1.61. The summed E-state index contributed by atoms with van der Waals surface area (Å²) in [5.41, 5.74) is 1.40. The molecule has 0 aromatic carbocycles. The van der Waals surface area contributed by atoms with Crippen LogP contribution in [0.25, 0.3) is 0 Å². The lowest BCUT2D eigenvalue weighted by Gasteiger charge is -2.22.